The number of anilines is 1. The van der Waals surface area contributed by atoms with Crippen LogP contribution in [0.3, 0.4) is 0 Å². The van der Waals surface area contributed by atoms with Gasteiger partial charge in [-0.2, -0.15) is 0 Å². The molecule has 18 heavy (non-hydrogen) atoms. The van der Waals surface area contributed by atoms with Crippen molar-refractivity contribution in [2.75, 3.05) is 12.3 Å². The van der Waals surface area contributed by atoms with Crippen LogP contribution in [0.2, 0.25) is 0 Å². The summed E-state index contributed by atoms with van der Waals surface area (Å²) in [5.41, 5.74) is 6.68. The van der Waals surface area contributed by atoms with Gasteiger partial charge < -0.3 is 15.0 Å². The quantitative estimate of drug-likeness (QED) is 0.818. The summed E-state index contributed by atoms with van der Waals surface area (Å²) < 4.78 is 11.3. The monoisotopic (exact) mass is 250 g/mol. The number of hydrogen-bond acceptors (Lipinski definition) is 6. The standard InChI is InChI=1S/C11H14N4O3/c1-3-8-14-9(11(16)17-4-2)10(12)15(8)7-5-13-18-6-7/h5-6H,3-4,12H2,1-2H3. The zero-order chi connectivity index (χ0) is 13.1. The van der Waals surface area contributed by atoms with Gasteiger partial charge in [-0.1, -0.05) is 12.1 Å². The third-order valence-corrected chi connectivity index (χ3v) is 2.44. The van der Waals surface area contributed by atoms with Crippen molar-refractivity contribution in [3.8, 4) is 5.69 Å². The van der Waals surface area contributed by atoms with Gasteiger partial charge in [0.15, 0.2) is 5.69 Å². The van der Waals surface area contributed by atoms with Crippen LogP contribution in [-0.4, -0.2) is 27.3 Å². The number of esters is 1. The maximum Gasteiger partial charge on any atom is 0.360 e. The van der Waals surface area contributed by atoms with E-state index in [0.29, 0.717) is 17.9 Å². The van der Waals surface area contributed by atoms with E-state index in [1.54, 1.807) is 11.5 Å². The van der Waals surface area contributed by atoms with Gasteiger partial charge in [-0.05, 0) is 6.92 Å². The number of nitrogens with two attached hydrogens (primary N) is 1. The highest BCUT2D eigenvalue weighted by atomic mass is 16.5. The van der Waals surface area contributed by atoms with Crippen molar-refractivity contribution in [3.63, 3.8) is 0 Å². The molecule has 0 atom stereocenters. The van der Waals surface area contributed by atoms with Gasteiger partial charge in [0.1, 0.15) is 23.6 Å². The summed E-state index contributed by atoms with van der Waals surface area (Å²) in [5.74, 6) is 0.354. The van der Waals surface area contributed by atoms with Crippen LogP contribution in [0.25, 0.3) is 5.69 Å². The van der Waals surface area contributed by atoms with Gasteiger partial charge in [0.2, 0.25) is 0 Å². The Balaban J connectivity index is 2.50. The van der Waals surface area contributed by atoms with Crippen LogP contribution >= 0.6 is 0 Å². The first-order chi connectivity index (χ1) is 8.69. The molecule has 0 bridgehead atoms. The van der Waals surface area contributed by atoms with Crippen LogP contribution in [0, 0.1) is 0 Å². The van der Waals surface area contributed by atoms with Crippen LogP contribution in [0.5, 0.6) is 0 Å². The number of aryl methyl sites for hydroxylation is 1. The summed E-state index contributed by atoms with van der Waals surface area (Å²) in [7, 11) is 0. The van der Waals surface area contributed by atoms with Crippen molar-refractivity contribution in [1.29, 1.82) is 0 Å². The second-order valence-corrected chi connectivity index (χ2v) is 3.55. The van der Waals surface area contributed by atoms with E-state index < -0.39 is 5.97 Å². The lowest BCUT2D eigenvalue weighted by Crippen LogP contribution is -2.09. The van der Waals surface area contributed by atoms with Gasteiger partial charge in [0.05, 0.1) is 12.8 Å². The molecule has 0 fully saturated rings. The minimum atomic E-state index is -0.528. The topological polar surface area (TPSA) is 96.2 Å². The van der Waals surface area contributed by atoms with Gasteiger partial charge >= 0.3 is 5.97 Å². The van der Waals surface area contributed by atoms with E-state index in [1.165, 1.54) is 12.5 Å². The van der Waals surface area contributed by atoms with E-state index in [2.05, 4.69) is 10.1 Å². The number of nitrogens with zero attached hydrogens (tertiary/aromatic N) is 3. The van der Waals surface area contributed by atoms with E-state index in [9.17, 15) is 4.79 Å². The molecule has 7 heteroatoms. The Bertz CT molecular complexity index is 545. The molecule has 0 aliphatic carbocycles. The van der Waals surface area contributed by atoms with Gasteiger partial charge in [-0.3, -0.25) is 4.57 Å². The van der Waals surface area contributed by atoms with E-state index in [4.69, 9.17) is 15.0 Å². The summed E-state index contributed by atoms with van der Waals surface area (Å²) in [6.45, 7) is 3.92. The maximum absolute atomic E-state index is 11.7. The van der Waals surface area contributed by atoms with Crippen molar-refractivity contribution < 1.29 is 14.1 Å². The maximum atomic E-state index is 11.7. The molecule has 7 nitrogen and oxygen atoms in total. The largest absolute Gasteiger partial charge is 0.461 e. The highest BCUT2D eigenvalue weighted by Gasteiger charge is 2.22. The number of carbonyl (C=O) groups is 1. The summed E-state index contributed by atoms with van der Waals surface area (Å²) in [6, 6.07) is 0. The zero-order valence-corrected chi connectivity index (χ0v) is 10.2. The Morgan fingerprint density at radius 1 is 1.56 bits per heavy atom. The summed E-state index contributed by atoms with van der Waals surface area (Å²) in [5, 5.41) is 3.61. The highest BCUT2D eigenvalue weighted by Crippen LogP contribution is 2.21. The molecule has 2 heterocycles. The predicted octanol–water partition coefficient (Wildman–Crippen LogP) is 1.18. The molecular formula is C11H14N4O3. The lowest BCUT2D eigenvalue weighted by Gasteiger charge is -2.04. The van der Waals surface area contributed by atoms with Crippen LogP contribution < -0.4 is 5.73 Å². The van der Waals surface area contributed by atoms with E-state index in [1.807, 2.05) is 6.92 Å². The fourth-order valence-corrected chi connectivity index (χ4v) is 1.67. The minimum absolute atomic E-state index is 0.120. The first-order valence-corrected chi connectivity index (χ1v) is 5.63. The van der Waals surface area contributed by atoms with Gasteiger partial charge in [-0.15, -0.1) is 0 Å². The third-order valence-electron chi connectivity index (χ3n) is 2.44. The van der Waals surface area contributed by atoms with Gasteiger partial charge in [-0.25, -0.2) is 9.78 Å². The molecule has 0 amide bonds. The van der Waals surface area contributed by atoms with Crippen molar-refractivity contribution in [2.24, 2.45) is 0 Å². The van der Waals surface area contributed by atoms with E-state index in [-0.39, 0.29) is 18.1 Å². The van der Waals surface area contributed by atoms with E-state index in [0.717, 1.165) is 0 Å². The average Bonchev–Trinajstić information content (AvgIpc) is 2.96. The molecular weight excluding hydrogens is 236 g/mol. The fraction of sp³-hybridized carbons (Fsp3) is 0.364. The van der Waals surface area contributed by atoms with Crippen LogP contribution in [0.4, 0.5) is 5.82 Å². The lowest BCUT2D eigenvalue weighted by atomic mass is 10.4. The molecule has 0 saturated carbocycles. The number of rotatable bonds is 4. The molecule has 0 aromatic carbocycles. The van der Waals surface area contributed by atoms with Crippen molar-refractivity contribution >= 4 is 11.8 Å². The first-order valence-electron chi connectivity index (χ1n) is 5.63. The molecule has 0 aliphatic rings. The highest BCUT2D eigenvalue weighted by molar-refractivity contribution is 5.92. The van der Waals surface area contributed by atoms with Crippen LogP contribution in [-0.2, 0) is 11.2 Å². The summed E-state index contributed by atoms with van der Waals surface area (Å²) in [6.07, 6.45) is 3.56. The average molecular weight is 250 g/mol. The summed E-state index contributed by atoms with van der Waals surface area (Å²) >= 11 is 0. The molecule has 2 N–H and O–H groups in total. The second kappa shape index (κ2) is 4.91. The Hall–Kier alpha value is -2.31. The van der Waals surface area contributed by atoms with Crippen LogP contribution in [0.1, 0.15) is 30.2 Å². The molecule has 2 rings (SSSR count). The first kappa shape index (κ1) is 12.2. The molecule has 0 radical (unpaired) electrons. The van der Waals surface area contributed by atoms with Crippen LogP contribution in [0.15, 0.2) is 17.0 Å². The minimum Gasteiger partial charge on any atom is -0.461 e. The molecule has 2 aromatic heterocycles. The molecule has 2 aromatic rings. The van der Waals surface area contributed by atoms with E-state index >= 15 is 0 Å². The summed E-state index contributed by atoms with van der Waals surface area (Å²) in [4.78, 5) is 15.9. The zero-order valence-electron chi connectivity index (χ0n) is 10.2. The smallest absolute Gasteiger partial charge is 0.360 e. The van der Waals surface area contributed by atoms with Gasteiger partial charge in [0.25, 0.3) is 0 Å². The second-order valence-electron chi connectivity index (χ2n) is 3.55. The molecule has 0 saturated heterocycles. The Morgan fingerprint density at radius 2 is 2.33 bits per heavy atom. The third kappa shape index (κ3) is 1.94. The molecule has 0 spiro atoms. The number of aromatic nitrogens is 3. The van der Waals surface area contributed by atoms with Gasteiger partial charge in [0, 0.05) is 6.42 Å². The lowest BCUT2D eigenvalue weighted by molar-refractivity contribution is 0.0521. The SMILES string of the molecule is CCOC(=O)c1nc(CC)n(-c2cnoc2)c1N. The number of hydrogen-bond donors (Lipinski definition) is 1. The number of imidazole rings is 1. The molecule has 0 aliphatic heterocycles. The molecule has 0 unspecified atom stereocenters. The normalized spacial score (nSPS) is 10.6. The number of nitrogen functional groups attached to an aromatic ring is 1. The van der Waals surface area contributed by atoms with Crippen molar-refractivity contribution in [1.82, 2.24) is 14.7 Å². The Labute approximate surface area is 104 Å². The predicted molar refractivity (Wildman–Crippen MR) is 63.4 cm³/mol. The fourth-order valence-electron chi connectivity index (χ4n) is 1.67. The molecule has 96 valence electrons. The number of ether oxygens (including phenoxy) is 1. The van der Waals surface area contributed by atoms with Crippen molar-refractivity contribution in [3.05, 3.63) is 24.0 Å². The van der Waals surface area contributed by atoms with Crippen molar-refractivity contribution in [2.45, 2.75) is 20.3 Å². The Morgan fingerprint density at radius 3 is 2.89 bits per heavy atom. The number of carbonyl (C=O) groups excluding carboxylic acids is 1. The Kier molecular flexibility index (Phi) is 3.31.